The van der Waals surface area contributed by atoms with Crippen LogP contribution in [0.25, 0.3) is 0 Å². The zero-order chi connectivity index (χ0) is 15.6. The highest BCUT2D eigenvalue weighted by molar-refractivity contribution is 7.91. The van der Waals surface area contributed by atoms with Gasteiger partial charge in [0.05, 0.1) is 18.1 Å². The van der Waals surface area contributed by atoms with Crippen molar-refractivity contribution in [3.05, 3.63) is 29.3 Å². The molecule has 0 aliphatic carbocycles. The van der Waals surface area contributed by atoms with E-state index in [1.54, 1.807) is 18.2 Å². The maximum Gasteiger partial charge on any atom is 0.254 e. The summed E-state index contributed by atoms with van der Waals surface area (Å²) in [6.07, 6.45) is 5.76. The highest BCUT2D eigenvalue weighted by Crippen LogP contribution is 2.21. The van der Waals surface area contributed by atoms with Crippen molar-refractivity contribution < 1.29 is 13.2 Å². The van der Waals surface area contributed by atoms with Crippen LogP contribution in [0.1, 0.15) is 22.3 Å². The molecule has 0 saturated carbocycles. The fourth-order valence-corrected chi connectivity index (χ4v) is 4.19. The van der Waals surface area contributed by atoms with Gasteiger partial charge in [-0.25, -0.2) is 8.42 Å². The predicted molar refractivity (Wildman–Crippen MR) is 82.5 cm³/mol. The molecule has 6 heteroatoms. The number of carbonyl (C=O) groups is 1. The molecule has 0 radical (unpaired) electrons. The van der Waals surface area contributed by atoms with E-state index in [0.717, 1.165) is 5.56 Å². The minimum absolute atomic E-state index is 0.0195. The standard InChI is InChI=1S/C15H18N2O3S/c1-3-7-17(13-6-8-21(19,20)10-13)15(18)12-4-5-14(16)11(2)9-12/h1,4-5,9,13H,6-8,10,16H2,2H3. The first-order valence-corrected chi connectivity index (χ1v) is 8.47. The summed E-state index contributed by atoms with van der Waals surface area (Å²) < 4.78 is 23.2. The van der Waals surface area contributed by atoms with Crippen LogP contribution in [0.4, 0.5) is 5.69 Å². The number of nitrogen functional groups attached to an aromatic ring is 1. The second-order valence-electron chi connectivity index (χ2n) is 5.27. The maximum absolute atomic E-state index is 12.6. The van der Waals surface area contributed by atoms with E-state index in [9.17, 15) is 13.2 Å². The fraction of sp³-hybridized carbons (Fsp3) is 0.400. The lowest BCUT2D eigenvalue weighted by Crippen LogP contribution is -2.41. The molecule has 21 heavy (non-hydrogen) atoms. The van der Waals surface area contributed by atoms with Gasteiger partial charge in [-0.2, -0.15) is 0 Å². The minimum atomic E-state index is -3.07. The summed E-state index contributed by atoms with van der Waals surface area (Å²) in [6.45, 7) is 1.92. The number of sulfone groups is 1. The average molecular weight is 306 g/mol. The van der Waals surface area contributed by atoms with Gasteiger partial charge in [0.15, 0.2) is 9.84 Å². The molecule has 2 N–H and O–H groups in total. The third-order valence-electron chi connectivity index (χ3n) is 3.69. The Balaban J connectivity index is 2.28. The number of hydrogen-bond donors (Lipinski definition) is 1. The van der Waals surface area contributed by atoms with Gasteiger partial charge < -0.3 is 10.6 Å². The SMILES string of the molecule is C#CCN(C(=O)c1ccc(N)c(C)c1)C1CCS(=O)(=O)C1. The van der Waals surface area contributed by atoms with Gasteiger partial charge in [-0.05, 0) is 37.1 Å². The zero-order valence-corrected chi connectivity index (χ0v) is 12.7. The molecule has 0 spiro atoms. The number of carbonyl (C=O) groups excluding carboxylic acids is 1. The van der Waals surface area contributed by atoms with Gasteiger partial charge >= 0.3 is 0 Å². The highest BCUT2D eigenvalue weighted by Gasteiger charge is 2.34. The molecule has 112 valence electrons. The Hall–Kier alpha value is -2.00. The number of terminal acetylenes is 1. The van der Waals surface area contributed by atoms with E-state index < -0.39 is 9.84 Å². The van der Waals surface area contributed by atoms with Crippen LogP contribution >= 0.6 is 0 Å². The van der Waals surface area contributed by atoms with Crippen LogP contribution in [0.5, 0.6) is 0 Å². The molecule has 1 amide bonds. The second-order valence-corrected chi connectivity index (χ2v) is 7.49. The van der Waals surface area contributed by atoms with Gasteiger partial charge in [0.2, 0.25) is 0 Å². The van der Waals surface area contributed by atoms with Crippen LogP contribution < -0.4 is 5.73 Å². The van der Waals surface area contributed by atoms with Crippen LogP contribution in [0.15, 0.2) is 18.2 Å². The van der Waals surface area contributed by atoms with Gasteiger partial charge in [-0.1, -0.05) is 5.92 Å². The number of nitrogens with two attached hydrogens (primary N) is 1. The lowest BCUT2D eigenvalue weighted by atomic mass is 10.1. The number of aryl methyl sites for hydroxylation is 1. The van der Waals surface area contributed by atoms with Crippen LogP contribution in [-0.4, -0.2) is 43.3 Å². The number of rotatable bonds is 3. The predicted octanol–water partition coefficient (Wildman–Crippen LogP) is 0.840. The van der Waals surface area contributed by atoms with E-state index in [-0.39, 0.29) is 30.0 Å². The van der Waals surface area contributed by atoms with Gasteiger partial charge in [-0.15, -0.1) is 6.42 Å². The number of hydrogen-bond acceptors (Lipinski definition) is 4. The van der Waals surface area contributed by atoms with Crippen molar-refractivity contribution in [3.63, 3.8) is 0 Å². The molecule has 1 heterocycles. The Kier molecular flexibility index (Phi) is 4.24. The lowest BCUT2D eigenvalue weighted by molar-refractivity contribution is 0.0724. The van der Waals surface area contributed by atoms with E-state index in [4.69, 9.17) is 12.2 Å². The molecule has 1 aromatic rings. The molecule has 1 aliphatic heterocycles. The Morgan fingerprint density at radius 3 is 2.76 bits per heavy atom. The molecule has 5 nitrogen and oxygen atoms in total. The van der Waals surface area contributed by atoms with Crippen LogP contribution in [0.3, 0.4) is 0 Å². The van der Waals surface area contributed by atoms with Crippen molar-refractivity contribution in [2.75, 3.05) is 23.8 Å². The topological polar surface area (TPSA) is 80.5 Å². The zero-order valence-electron chi connectivity index (χ0n) is 11.9. The monoisotopic (exact) mass is 306 g/mol. The molecule has 2 rings (SSSR count). The molecule has 1 atom stereocenters. The van der Waals surface area contributed by atoms with Crippen LogP contribution in [-0.2, 0) is 9.84 Å². The first kappa shape index (κ1) is 15.4. The van der Waals surface area contributed by atoms with E-state index in [2.05, 4.69) is 5.92 Å². The number of nitrogens with zero attached hydrogens (tertiary/aromatic N) is 1. The molecule has 1 fully saturated rings. The first-order chi connectivity index (χ1) is 9.84. The number of amides is 1. The molecular formula is C15H18N2O3S. The summed E-state index contributed by atoms with van der Waals surface area (Å²) in [6, 6.07) is 4.65. The summed E-state index contributed by atoms with van der Waals surface area (Å²) in [4.78, 5) is 14.1. The van der Waals surface area contributed by atoms with Crippen molar-refractivity contribution in [2.24, 2.45) is 0 Å². The Bertz CT molecular complexity index is 704. The van der Waals surface area contributed by atoms with Gasteiger partial charge in [0, 0.05) is 17.3 Å². The van der Waals surface area contributed by atoms with Crippen molar-refractivity contribution in [1.29, 1.82) is 0 Å². The van der Waals surface area contributed by atoms with E-state index in [0.29, 0.717) is 17.7 Å². The first-order valence-electron chi connectivity index (χ1n) is 6.65. The fourth-order valence-electron chi connectivity index (χ4n) is 2.46. The van der Waals surface area contributed by atoms with Crippen LogP contribution in [0, 0.1) is 19.3 Å². The van der Waals surface area contributed by atoms with Gasteiger partial charge in [0.25, 0.3) is 5.91 Å². The van der Waals surface area contributed by atoms with Crippen molar-refractivity contribution in [3.8, 4) is 12.3 Å². The molecule has 1 unspecified atom stereocenters. The van der Waals surface area contributed by atoms with E-state index in [1.807, 2.05) is 6.92 Å². The summed E-state index contributed by atoms with van der Waals surface area (Å²) in [5, 5.41) is 0. The molecule has 1 aliphatic rings. The largest absolute Gasteiger partial charge is 0.399 e. The number of anilines is 1. The molecular weight excluding hydrogens is 288 g/mol. The van der Waals surface area contributed by atoms with E-state index in [1.165, 1.54) is 4.90 Å². The van der Waals surface area contributed by atoms with Crippen molar-refractivity contribution in [2.45, 2.75) is 19.4 Å². The smallest absolute Gasteiger partial charge is 0.254 e. The van der Waals surface area contributed by atoms with Crippen molar-refractivity contribution >= 4 is 21.4 Å². The number of benzene rings is 1. The third-order valence-corrected chi connectivity index (χ3v) is 5.44. The highest BCUT2D eigenvalue weighted by atomic mass is 32.2. The summed E-state index contributed by atoms with van der Waals surface area (Å²) >= 11 is 0. The third kappa shape index (κ3) is 3.37. The summed E-state index contributed by atoms with van der Waals surface area (Å²) in [5.41, 5.74) is 7.63. The molecule has 0 aromatic heterocycles. The second kappa shape index (κ2) is 5.78. The lowest BCUT2D eigenvalue weighted by Gasteiger charge is -2.26. The van der Waals surface area contributed by atoms with Crippen LogP contribution in [0.2, 0.25) is 0 Å². The maximum atomic E-state index is 12.6. The van der Waals surface area contributed by atoms with Gasteiger partial charge in [0.1, 0.15) is 0 Å². The Morgan fingerprint density at radius 2 is 2.24 bits per heavy atom. The molecule has 1 saturated heterocycles. The molecule has 0 bridgehead atoms. The quantitative estimate of drug-likeness (QED) is 0.663. The normalized spacial score (nSPS) is 19.9. The summed E-state index contributed by atoms with van der Waals surface area (Å²) in [7, 11) is -3.07. The molecule has 1 aromatic carbocycles. The van der Waals surface area contributed by atoms with E-state index >= 15 is 0 Å². The Labute approximate surface area is 125 Å². The van der Waals surface area contributed by atoms with Crippen molar-refractivity contribution in [1.82, 2.24) is 4.90 Å². The average Bonchev–Trinajstić information content (AvgIpc) is 2.78. The Morgan fingerprint density at radius 1 is 1.52 bits per heavy atom. The minimum Gasteiger partial charge on any atom is -0.399 e. The summed E-state index contributed by atoms with van der Waals surface area (Å²) in [5.74, 6) is 2.27. The van der Waals surface area contributed by atoms with Gasteiger partial charge in [-0.3, -0.25) is 4.79 Å².